The van der Waals surface area contributed by atoms with Gasteiger partial charge in [0.2, 0.25) is 0 Å². The predicted octanol–water partition coefficient (Wildman–Crippen LogP) is 10.0. The summed E-state index contributed by atoms with van der Waals surface area (Å²) >= 11 is 3.63. The molecule has 1 fully saturated rings. The molecule has 3 aliphatic rings. The summed E-state index contributed by atoms with van der Waals surface area (Å²) in [5.74, 6) is -0.619. The number of aliphatic hydroxyl groups is 2. The molecule has 42 heavy (non-hydrogen) atoms. The van der Waals surface area contributed by atoms with E-state index < -0.39 is 12.2 Å². The van der Waals surface area contributed by atoms with Gasteiger partial charge in [0.15, 0.2) is 0 Å². The molecule has 0 saturated heterocycles. The molecular weight excluding hydrogens is 553 g/mol. The Kier molecular flexibility index (Phi) is 8.75. The molecule has 0 radical (unpaired) electrons. The molecule has 2 aromatic rings. The summed E-state index contributed by atoms with van der Waals surface area (Å²) in [4.78, 5) is 4.98. The molecular formula is C38H44O2S2. The Balaban J connectivity index is 1.51. The van der Waals surface area contributed by atoms with Crippen molar-refractivity contribution in [1.29, 1.82) is 0 Å². The first-order chi connectivity index (χ1) is 19.8. The van der Waals surface area contributed by atoms with Gasteiger partial charge in [0.05, 0.1) is 12.2 Å². The third kappa shape index (κ3) is 6.24. The minimum atomic E-state index is -0.649. The van der Waals surface area contributed by atoms with Crippen LogP contribution in [0, 0.1) is 22.7 Å². The van der Waals surface area contributed by atoms with E-state index in [0.717, 1.165) is 22.3 Å². The molecule has 2 nitrogen and oxygen atoms in total. The average Bonchev–Trinajstić information content (AvgIpc) is 2.96. The van der Waals surface area contributed by atoms with E-state index in [4.69, 9.17) is 0 Å². The van der Waals surface area contributed by atoms with Gasteiger partial charge in [-0.25, -0.2) is 0 Å². The number of thioether (sulfide) groups is 2. The molecule has 0 spiro atoms. The van der Waals surface area contributed by atoms with E-state index in [2.05, 4.69) is 128 Å². The topological polar surface area (TPSA) is 40.5 Å². The summed E-state index contributed by atoms with van der Waals surface area (Å²) in [6.45, 7) is 17.6. The summed E-state index contributed by atoms with van der Waals surface area (Å²) in [5.41, 5.74) is 6.64. The van der Waals surface area contributed by atoms with E-state index in [9.17, 15) is 10.2 Å². The van der Waals surface area contributed by atoms with Crippen LogP contribution in [0.1, 0.15) is 66.5 Å². The standard InChI is InChI=1S/C38H44O2S2/c1-23(27-19-29(25-15-11-9-12-16-25)41-31(21-27)37(3,4)5)33-35(39)34(36(33)40)24(2)28-20-30(26-17-13-10-14-18-26)42-32(22-28)38(6,7)8/h9-22,33-36,39-40H,1-8H3/b27-23+,28-24+. The summed E-state index contributed by atoms with van der Waals surface area (Å²) in [6.07, 6.45) is 7.68. The third-order valence-electron chi connectivity index (χ3n) is 8.56. The zero-order valence-electron chi connectivity index (χ0n) is 26.1. The van der Waals surface area contributed by atoms with Crippen molar-refractivity contribution in [3.05, 3.63) is 128 Å². The van der Waals surface area contributed by atoms with Crippen LogP contribution in [0.4, 0.5) is 0 Å². The van der Waals surface area contributed by atoms with Gasteiger partial charge in [-0.3, -0.25) is 0 Å². The van der Waals surface area contributed by atoms with Crippen LogP contribution in [-0.2, 0) is 0 Å². The fraction of sp³-hybridized carbons (Fsp3) is 0.368. The van der Waals surface area contributed by atoms with Crippen LogP contribution in [0.2, 0.25) is 0 Å². The summed E-state index contributed by atoms with van der Waals surface area (Å²) in [7, 11) is 0. The zero-order valence-corrected chi connectivity index (χ0v) is 27.7. The number of benzene rings is 2. The number of allylic oxidation sites excluding steroid dienone is 8. The van der Waals surface area contributed by atoms with Crippen LogP contribution >= 0.6 is 23.5 Å². The maximum absolute atomic E-state index is 11.6. The Labute approximate surface area is 261 Å². The minimum Gasteiger partial charge on any atom is -0.392 e. The molecule has 5 rings (SSSR count). The van der Waals surface area contributed by atoms with E-state index in [1.807, 2.05) is 35.7 Å². The maximum atomic E-state index is 11.6. The molecule has 1 saturated carbocycles. The van der Waals surface area contributed by atoms with E-state index in [-0.39, 0.29) is 22.7 Å². The molecule has 0 unspecified atom stereocenters. The molecule has 1 aliphatic carbocycles. The summed E-state index contributed by atoms with van der Waals surface area (Å²) in [5, 5.41) is 23.3. The van der Waals surface area contributed by atoms with Gasteiger partial charge >= 0.3 is 0 Å². The molecule has 0 aromatic heterocycles. The number of hydrogen-bond donors (Lipinski definition) is 2. The highest BCUT2D eigenvalue weighted by Crippen LogP contribution is 2.52. The van der Waals surface area contributed by atoms with Gasteiger partial charge in [-0.2, -0.15) is 0 Å². The van der Waals surface area contributed by atoms with Crippen molar-refractivity contribution < 1.29 is 10.2 Å². The smallest absolute Gasteiger partial charge is 0.0721 e. The molecule has 2 N–H and O–H groups in total. The molecule has 4 heteroatoms. The Bertz CT molecular complexity index is 1400. The lowest BCUT2D eigenvalue weighted by Gasteiger charge is -2.49. The zero-order chi connectivity index (χ0) is 30.4. The first kappa shape index (κ1) is 30.9. The SMILES string of the molecule is C/C(=C1/C=C(c2ccccc2)SC(C(C)(C)C)=C1)C1C(O)C(/C(C)=C2\C=C(c3ccccc3)SC(C(C)(C)C)=C2)C1O. The van der Waals surface area contributed by atoms with E-state index >= 15 is 0 Å². The number of hydrogen-bond acceptors (Lipinski definition) is 4. The molecule has 2 heterocycles. The molecule has 0 atom stereocenters. The second kappa shape index (κ2) is 11.9. The van der Waals surface area contributed by atoms with Crippen molar-refractivity contribution in [1.82, 2.24) is 0 Å². The molecule has 2 aromatic carbocycles. The fourth-order valence-electron chi connectivity index (χ4n) is 5.80. The van der Waals surface area contributed by atoms with Gasteiger partial charge in [0.25, 0.3) is 0 Å². The Hall–Kier alpha value is -2.50. The van der Waals surface area contributed by atoms with Crippen molar-refractivity contribution in [3.63, 3.8) is 0 Å². The van der Waals surface area contributed by atoms with Crippen molar-refractivity contribution in [3.8, 4) is 0 Å². The second-order valence-electron chi connectivity index (χ2n) is 13.8. The Morgan fingerprint density at radius 3 is 1.19 bits per heavy atom. The normalized spacial score (nSPS) is 27.3. The van der Waals surface area contributed by atoms with Crippen LogP contribution in [0.5, 0.6) is 0 Å². The van der Waals surface area contributed by atoms with Crippen LogP contribution in [0.3, 0.4) is 0 Å². The van der Waals surface area contributed by atoms with Crippen LogP contribution in [0.15, 0.2) is 117 Å². The van der Waals surface area contributed by atoms with Crippen LogP contribution in [-0.4, -0.2) is 22.4 Å². The monoisotopic (exact) mass is 596 g/mol. The van der Waals surface area contributed by atoms with E-state index in [0.29, 0.717) is 0 Å². The number of rotatable bonds is 4. The van der Waals surface area contributed by atoms with Crippen molar-refractivity contribution in [2.45, 2.75) is 67.6 Å². The molecule has 220 valence electrons. The van der Waals surface area contributed by atoms with Crippen LogP contribution < -0.4 is 0 Å². The van der Waals surface area contributed by atoms with Gasteiger partial charge in [0, 0.05) is 21.6 Å². The fourth-order valence-corrected chi connectivity index (χ4v) is 8.14. The Morgan fingerprint density at radius 2 is 0.881 bits per heavy atom. The number of aliphatic hydroxyl groups excluding tert-OH is 2. The van der Waals surface area contributed by atoms with Crippen molar-refractivity contribution in [2.24, 2.45) is 22.7 Å². The predicted molar refractivity (Wildman–Crippen MR) is 183 cm³/mol. The summed E-state index contributed by atoms with van der Waals surface area (Å²) in [6, 6.07) is 21.0. The lowest BCUT2D eigenvalue weighted by atomic mass is 9.61. The third-order valence-corrected chi connectivity index (χ3v) is 11.6. The van der Waals surface area contributed by atoms with Gasteiger partial charge < -0.3 is 10.2 Å². The van der Waals surface area contributed by atoms with E-state index in [1.165, 1.54) is 30.7 Å². The average molecular weight is 597 g/mol. The second-order valence-corrected chi connectivity index (χ2v) is 15.9. The Morgan fingerprint density at radius 1 is 0.548 bits per heavy atom. The first-order valence-corrected chi connectivity index (χ1v) is 16.5. The van der Waals surface area contributed by atoms with Crippen molar-refractivity contribution >= 4 is 33.3 Å². The summed E-state index contributed by atoms with van der Waals surface area (Å²) < 4.78 is 0. The lowest BCUT2D eigenvalue weighted by Crippen LogP contribution is -2.56. The highest BCUT2D eigenvalue weighted by Gasteiger charge is 2.51. The largest absolute Gasteiger partial charge is 0.392 e. The molecule has 0 amide bonds. The van der Waals surface area contributed by atoms with E-state index in [1.54, 1.807) is 0 Å². The maximum Gasteiger partial charge on any atom is 0.0721 e. The molecule has 2 aliphatic heterocycles. The van der Waals surface area contributed by atoms with Gasteiger partial charge in [-0.1, -0.05) is 137 Å². The minimum absolute atomic E-state index is 0.0102. The first-order valence-electron chi connectivity index (χ1n) is 14.9. The van der Waals surface area contributed by atoms with Gasteiger partial charge in [0.1, 0.15) is 0 Å². The van der Waals surface area contributed by atoms with Gasteiger partial charge in [-0.15, -0.1) is 0 Å². The molecule has 0 bridgehead atoms. The highest BCUT2D eigenvalue weighted by atomic mass is 32.2. The van der Waals surface area contributed by atoms with Crippen molar-refractivity contribution in [2.75, 3.05) is 0 Å². The lowest BCUT2D eigenvalue weighted by molar-refractivity contribution is -0.119. The highest BCUT2D eigenvalue weighted by molar-refractivity contribution is 8.12. The van der Waals surface area contributed by atoms with Gasteiger partial charge in [-0.05, 0) is 81.1 Å². The van der Waals surface area contributed by atoms with Crippen LogP contribution in [0.25, 0.3) is 9.81 Å². The quantitative estimate of drug-likeness (QED) is 0.368.